The van der Waals surface area contributed by atoms with Gasteiger partial charge in [0.25, 0.3) is 0 Å². The number of nitrogen functional groups attached to an aromatic ring is 1. The van der Waals surface area contributed by atoms with E-state index in [9.17, 15) is 4.79 Å². The molecule has 0 amide bonds. The van der Waals surface area contributed by atoms with E-state index in [1.54, 1.807) is 25.3 Å². The molecule has 0 radical (unpaired) electrons. The molecule has 0 spiro atoms. The van der Waals surface area contributed by atoms with Gasteiger partial charge in [-0.1, -0.05) is 0 Å². The van der Waals surface area contributed by atoms with Crippen molar-refractivity contribution in [1.29, 1.82) is 0 Å². The van der Waals surface area contributed by atoms with Crippen LogP contribution in [-0.4, -0.2) is 18.2 Å². The maximum atomic E-state index is 11.1. The first kappa shape index (κ1) is 9.83. The van der Waals surface area contributed by atoms with E-state index >= 15 is 0 Å². The van der Waals surface area contributed by atoms with Crippen LogP contribution in [0.5, 0.6) is 5.75 Å². The summed E-state index contributed by atoms with van der Waals surface area (Å²) < 4.78 is 5.06. The molecule has 1 aliphatic rings. The normalized spacial score (nSPS) is 17.1. The van der Waals surface area contributed by atoms with Gasteiger partial charge in [0.15, 0.2) is 0 Å². The summed E-state index contributed by atoms with van der Waals surface area (Å²) in [6, 6.07) is 5.14. The summed E-state index contributed by atoms with van der Waals surface area (Å²) in [7, 11) is 1.55. The van der Waals surface area contributed by atoms with Gasteiger partial charge in [-0.2, -0.15) is 0 Å². The predicted molar refractivity (Wildman–Crippen MR) is 56.0 cm³/mol. The van der Waals surface area contributed by atoms with E-state index < -0.39 is 11.4 Å². The number of carbonyl (C=O) groups is 1. The Balaban J connectivity index is 2.47. The van der Waals surface area contributed by atoms with E-state index in [0.717, 1.165) is 0 Å². The van der Waals surface area contributed by atoms with E-state index in [2.05, 4.69) is 0 Å². The lowest BCUT2D eigenvalue weighted by Crippen LogP contribution is -2.21. The van der Waals surface area contributed by atoms with Crippen LogP contribution in [0.15, 0.2) is 18.2 Å². The van der Waals surface area contributed by atoms with Crippen LogP contribution in [0, 0.1) is 0 Å². The average molecular weight is 207 g/mol. The van der Waals surface area contributed by atoms with Gasteiger partial charge < -0.3 is 15.6 Å². The third-order valence-corrected chi connectivity index (χ3v) is 2.94. The molecule has 0 saturated heterocycles. The van der Waals surface area contributed by atoms with E-state index in [1.807, 2.05) is 0 Å². The quantitative estimate of drug-likeness (QED) is 0.735. The minimum Gasteiger partial charge on any atom is -0.497 e. The SMILES string of the molecule is COc1ccc(N)c(C2(C(=O)O)CC2)c1. The van der Waals surface area contributed by atoms with Crippen LogP contribution in [0.4, 0.5) is 5.69 Å². The second-order valence-electron chi connectivity index (χ2n) is 3.84. The van der Waals surface area contributed by atoms with Crippen molar-refractivity contribution < 1.29 is 14.6 Å². The lowest BCUT2D eigenvalue weighted by molar-refractivity contribution is -0.140. The van der Waals surface area contributed by atoms with Crippen LogP contribution >= 0.6 is 0 Å². The topological polar surface area (TPSA) is 72.5 Å². The second kappa shape index (κ2) is 3.15. The number of carboxylic acid groups (broad SMARTS) is 1. The minimum absolute atomic E-state index is 0.524. The molecule has 0 aromatic heterocycles. The molecule has 1 saturated carbocycles. The standard InChI is InChI=1S/C11H13NO3/c1-15-7-2-3-9(12)8(6-7)11(4-5-11)10(13)14/h2-3,6H,4-5,12H2,1H3,(H,13,14). The third kappa shape index (κ3) is 1.42. The Labute approximate surface area is 87.7 Å². The van der Waals surface area contributed by atoms with Crippen LogP contribution in [0.25, 0.3) is 0 Å². The van der Waals surface area contributed by atoms with E-state index in [0.29, 0.717) is 29.8 Å². The first-order valence-corrected chi connectivity index (χ1v) is 4.77. The van der Waals surface area contributed by atoms with Gasteiger partial charge in [0.05, 0.1) is 12.5 Å². The highest BCUT2D eigenvalue weighted by molar-refractivity contribution is 5.87. The molecule has 3 N–H and O–H groups in total. The largest absolute Gasteiger partial charge is 0.497 e. The molecule has 0 unspecified atom stereocenters. The summed E-state index contributed by atoms with van der Waals surface area (Å²) >= 11 is 0. The summed E-state index contributed by atoms with van der Waals surface area (Å²) in [4.78, 5) is 11.1. The molecule has 4 nitrogen and oxygen atoms in total. The summed E-state index contributed by atoms with van der Waals surface area (Å²) in [5.74, 6) is -0.158. The van der Waals surface area contributed by atoms with Crippen molar-refractivity contribution in [3.63, 3.8) is 0 Å². The predicted octanol–water partition coefficient (Wildman–Crippen LogP) is 1.39. The monoisotopic (exact) mass is 207 g/mol. The zero-order valence-corrected chi connectivity index (χ0v) is 8.49. The number of ether oxygens (including phenoxy) is 1. The van der Waals surface area contributed by atoms with Gasteiger partial charge >= 0.3 is 5.97 Å². The van der Waals surface area contributed by atoms with Gasteiger partial charge in [0, 0.05) is 5.69 Å². The average Bonchev–Trinajstić information content (AvgIpc) is 2.99. The first-order valence-electron chi connectivity index (χ1n) is 4.77. The Bertz CT molecular complexity index is 410. The fraction of sp³-hybridized carbons (Fsp3) is 0.364. The lowest BCUT2D eigenvalue weighted by atomic mass is 9.94. The molecule has 1 aromatic rings. The highest BCUT2D eigenvalue weighted by Crippen LogP contribution is 2.51. The number of rotatable bonds is 3. The molecular weight excluding hydrogens is 194 g/mol. The van der Waals surface area contributed by atoms with E-state index in [-0.39, 0.29) is 0 Å². The van der Waals surface area contributed by atoms with Crippen LogP contribution in [-0.2, 0) is 10.2 Å². The van der Waals surface area contributed by atoms with Crippen LogP contribution in [0.1, 0.15) is 18.4 Å². The van der Waals surface area contributed by atoms with Crippen molar-refractivity contribution in [2.45, 2.75) is 18.3 Å². The number of methoxy groups -OCH3 is 1. The molecule has 0 atom stereocenters. The number of benzene rings is 1. The van der Waals surface area contributed by atoms with Crippen molar-refractivity contribution in [3.8, 4) is 5.75 Å². The van der Waals surface area contributed by atoms with Gasteiger partial charge in [-0.05, 0) is 36.6 Å². The molecule has 1 aliphatic carbocycles. The molecule has 2 rings (SSSR count). The Hall–Kier alpha value is -1.71. The number of hydrogen-bond donors (Lipinski definition) is 2. The number of carboxylic acids is 1. The molecule has 80 valence electrons. The number of aliphatic carboxylic acids is 1. The minimum atomic E-state index is -0.803. The van der Waals surface area contributed by atoms with Gasteiger partial charge in [-0.15, -0.1) is 0 Å². The Morgan fingerprint density at radius 3 is 2.67 bits per heavy atom. The van der Waals surface area contributed by atoms with E-state index in [4.69, 9.17) is 15.6 Å². The second-order valence-corrected chi connectivity index (χ2v) is 3.84. The van der Waals surface area contributed by atoms with Crippen molar-refractivity contribution in [2.24, 2.45) is 0 Å². The highest BCUT2D eigenvalue weighted by atomic mass is 16.5. The van der Waals surface area contributed by atoms with Gasteiger partial charge in [-0.25, -0.2) is 0 Å². The van der Waals surface area contributed by atoms with Crippen LogP contribution < -0.4 is 10.5 Å². The molecule has 0 bridgehead atoms. The zero-order valence-electron chi connectivity index (χ0n) is 8.49. The summed E-state index contributed by atoms with van der Waals surface area (Å²) in [5, 5.41) is 9.15. The van der Waals surface area contributed by atoms with Crippen molar-refractivity contribution in [1.82, 2.24) is 0 Å². The van der Waals surface area contributed by atoms with Crippen molar-refractivity contribution in [2.75, 3.05) is 12.8 Å². The lowest BCUT2D eigenvalue weighted by Gasteiger charge is -2.14. The maximum Gasteiger partial charge on any atom is 0.314 e. The highest BCUT2D eigenvalue weighted by Gasteiger charge is 2.52. The summed E-state index contributed by atoms with van der Waals surface area (Å²) in [5.41, 5.74) is 6.22. The van der Waals surface area contributed by atoms with Gasteiger partial charge in [-0.3, -0.25) is 4.79 Å². The van der Waals surface area contributed by atoms with Gasteiger partial charge in [0.2, 0.25) is 0 Å². The molecule has 15 heavy (non-hydrogen) atoms. The van der Waals surface area contributed by atoms with Crippen molar-refractivity contribution >= 4 is 11.7 Å². The van der Waals surface area contributed by atoms with E-state index in [1.165, 1.54) is 0 Å². The fourth-order valence-electron chi connectivity index (χ4n) is 1.80. The Kier molecular flexibility index (Phi) is 2.07. The maximum absolute atomic E-state index is 11.1. The molecular formula is C11H13NO3. The van der Waals surface area contributed by atoms with Crippen molar-refractivity contribution in [3.05, 3.63) is 23.8 Å². The number of hydrogen-bond acceptors (Lipinski definition) is 3. The summed E-state index contributed by atoms with van der Waals surface area (Å²) in [6.07, 6.45) is 1.30. The van der Waals surface area contributed by atoms with Crippen LogP contribution in [0.2, 0.25) is 0 Å². The molecule has 1 fully saturated rings. The van der Waals surface area contributed by atoms with Crippen LogP contribution in [0.3, 0.4) is 0 Å². The molecule has 0 aliphatic heterocycles. The number of anilines is 1. The first-order chi connectivity index (χ1) is 7.10. The summed E-state index contributed by atoms with van der Waals surface area (Å²) in [6.45, 7) is 0. The fourth-order valence-corrected chi connectivity index (χ4v) is 1.80. The zero-order chi connectivity index (χ0) is 11.1. The Morgan fingerprint density at radius 1 is 1.53 bits per heavy atom. The Morgan fingerprint density at radius 2 is 2.20 bits per heavy atom. The smallest absolute Gasteiger partial charge is 0.314 e. The molecule has 4 heteroatoms. The molecule has 1 aromatic carbocycles. The molecule has 0 heterocycles. The van der Waals surface area contributed by atoms with Gasteiger partial charge in [0.1, 0.15) is 5.75 Å². The number of nitrogens with two attached hydrogens (primary N) is 1. The third-order valence-electron chi connectivity index (χ3n) is 2.94.